The third-order valence-corrected chi connectivity index (χ3v) is 5.71. The first kappa shape index (κ1) is 18.5. The monoisotopic (exact) mass is 349 g/mol. The minimum absolute atomic E-state index is 0.298. The SMILES string of the molecule is CCOP(=O)(OCC)N(C)c1cc(OC)ccc1-c1ccccc1. The van der Waals surface area contributed by atoms with E-state index in [4.69, 9.17) is 13.8 Å². The number of hydrogen-bond donors (Lipinski definition) is 0. The lowest BCUT2D eigenvalue weighted by molar-refractivity contribution is 0.219. The Bertz CT molecular complexity index is 695. The van der Waals surface area contributed by atoms with Crippen LogP contribution in [-0.4, -0.2) is 27.4 Å². The maximum atomic E-state index is 13.1. The molecule has 0 saturated heterocycles. The van der Waals surface area contributed by atoms with Crippen LogP contribution in [0, 0.1) is 0 Å². The normalized spacial score (nSPS) is 11.3. The van der Waals surface area contributed by atoms with E-state index in [1.807, 2.05) is 48.5 Å². The fourth-order valence-electron chi connectivity index (χ4n) is 2.44. The third kappa shape index (κ3) is 3.99. The predicted molar refractivity (Wildman–Crippen MR) is 97.7 cm³/mol. The first-order chi connectivity index (χ1) is 11.6. The first-order valence-corrected chi connectivity index (χ1v) is 9.42. The number of rotatable bonds is 8. The van der Waals surface area contributed by atoms with Gasteiger partial charge in [0.25, 0.3) is 0 Å². The standard InChI is InChI=1S/C18H24NO4P/c1-5-22-24(20,23-6-2)19(3)18-14-16(21-4)12-13-17(18)15-10-8-7-9-11-15/h7-14H,5-6H2,1-4H3. The Balaban J connectivity index is 2.56. The summed E-state index contributed by atoms with van der Waals surface area (Å²) in [5.41, 5.74) is 2.67. The molecule has 6 heteroatoms. The van der Waals surface area contributed by atoms with Gasteiger partial charge in [0.15, 0.2) is 0 Å². The van der Waals surface area contributed by atoms with Crippen molar-refractivity contribution >= 4 is 13.4 Å². The molecule has 0 spiro atoms. The molecule has 130 valence electrons. The average Bonchev–Trinajstić information content (AvgIpc) is 2.61. The zero-order chi connectivity index (χ0) is 17.6. The summed E-state index contributed by atoms with van der Waals surface area (Å²) >= 11 is 0. The molecule has 2 rings (SSSR count). The molecular formula is C18H24NO4P. The van der Waals surface area contributed by atoms with E-state index < -0.39 is 7.75 Å². The summed E-state index contributed by atoms with van der Waals surface area (Å²) in [7, 11) is -0.113. The van der Waals surface area contributed by atoms with Crippen LogP contribution < -0.4 is 9.41 Å². The summed E-state index contributed by atoms with van der Waals surface area (Å²) in [6.45, 7) is 4.19. The van der Waals surface area contributed by atoms with Crippen LogP contribution in [0.3, 0.4) is 0 Å². The minimum Gasteiger partial charge on any atom is -0.497 e. The van der Waals surface area contributed by atoms with E-state index in [1.54, 1.807) is 32.7 Å². The van der Waals surface area contributed by atoms with E-state index in [9.17, 15) is 4.57 Å². The summed E-state index contributed by atoms with van der Waals surface area (Å²) in [6, 6.07) is 15.6. The lowest BCUT2D eigenvalue weighted by Crippen LogP contribution is -2.18. The largest absolute Gasteiger partial charge is 0.497 e. The van der Waals surface area contributed by atoms with Crippen molar-refractivity contribution in [2.45, 2.75) is 13.8 Å². The summed E-state index contributed by atoms with van der Waals surface area (Å²) in [6.07, 6.45) is 0. The molecule has 0 aliphatic heterocycles. The molecule has 0 aliphatic rings. The van der Waals surface area contributed by atoms with E-state index in [-0.39, 0.29) is 0 Å². The minimum atomic E-state index is -3.43. The van der Waals surface area contributed by atoms with Crippen molar-refractivity contribution in [3.05, 3.63) is 48.5 Å². The van der Waals surface area contributed by atoms with Gasteiger partial charge >= 0.3 is 7.75 Å². The highest BCUT2D eigenvalue weighted by molar-refractivity contribution is 7.55. The second-order valence-corrected chi connectivity index (χ2v) is 7.13. The molecule has 0 N–H and O–H groups in total. The molecule has 24 heavy (non-hydrogen) atoms. The maximum absolute atomic E-state index is 13.1. The van der Waals surface area contributed by atoms with Crippen molar-refractivity contribution in [2.24, 2.45) is 0 Å². The van der Waals surface area contributed by atoms with Gasteiger partial charge in [-0.25, -0.2) is 4.57 Å². The van der Waals surface area contributed by atoms with Gasteiger partial charge in [-0.15, -0.1) is 0 Å². The molecule has 0 heterocycles. The molecule has 0 fully saturated rings. The van der Waals surface area contributed by atoms with Crippen molar-refractivity contribution in [3.63, 3.8) is 0 Å². The Morgan fingerprint density at radius 2 is 1.62 bits per heavy atom. The molecule has 2 aromatic carbocycles. The number of hydrogen-bond acceptors (Lipinski definition) is 4. The number of benzene rings is 2. The zero-order valence-electron chi connectivity index (χ0n) is 14.6. The Morgan fingerprint density at radius 1 is 1.00 bits per heavy atom. The highest BCUT2D eigenvalue weighted by Gasteiger charge is 2.32. The van der Waals surface area contributed by atoms with Crippen LogP contribution in [0.2, 0.25) is 0 Å². The van der Waals surface area contributed by atoms with Crippen LogP contribution in [-0.2, 0) is 13.6 Å². The number of nitrogens with zero attached hydrogens (tertiary/aromatic N) is 1. The smallest absolute Gasteiger partial charge is 0.435 e. The Labute approximate surface area is 143 Å². The predicted octanol–water partition coefficient (Wildman–Crippen LogP) is 4.98. The number of anilines is 1. The van der Waals surface area contributed by atoms with E-state index in [0.717, 1.165) is 16.8 Å². The Morgan fingerprint density at radius 3 is 2.17 bits per heavy atom. The first-order valence-electron chi connectivity index (χ1n) is 7.92. The van der Waals surface area contributed by atoms with Gasteiger partial charge in [0.1, 0.15) is 5.75 Å². The molecule has 0 radical (unpaired) electrons. The van der Waals surface area contributed by atoms with Crippen LogP contribution in [0.1, 0.15) is 13.8 Å². The lowest BCUT2D eigenvalue weighted by atomic mass is 10.0. The highest BCUT2D eigenvalue weighted by Crippen LogP contribution is 2.55. The third-order valence-electron chi connectivity index (χ3n) is 3.59. The van der Waals surface area contributed by atoms with E-state index in [0.29, 0.717) is 19.0 Å². The molecule has 0 atom stereocenters. The summed E-state index contributed by atoms with van der Waals surface area (Å²) in [4.78, 5) is 0. The Kier molecular flexibility index (Phi) is 6.44. The lowest BCUT2D eigenvalue weighted by Gasteiger charge is -2.29. The van der Waals surface area contributed by atoms with Crippen LogP contribution in [0.4, 0.5) is 5.69 Å². The summed E-state index contributed by atoms with van der Waals surface area (Å²) < 4.78 is 31.0. The molecule has 5 nitrogen and oxygen atoms in total. The van der Waals surface area contributed by atoms with Crippen molar-refractivity contribution in [3.8, 4) is 16.9 Å². The van der Waals surface area contributed by atoms with Crippen molar-refractivity contribution in [1.82, 2.24) is 0 Å². The number of ether oxygens (including phenoxy) is 1. The highest BCUT2D eigenvalue weighted by atomic mass is 31.2. The fourth-order valence-corrected chi connectivity index (χ4v) is 3.94. The van der Waals surface area contributed by atoms with Crippen molar-refractivity contribution in [1.29, 1.82) is 0 Å². The quantitative estimate of drug-likeness (QED) is 0.629. The van der Waals surface area contributed by atoms with Crippen LogP contribution >= 0.6 is 7.75 Å². The number of methoxy groups -OCH3 is 1. The summed E-state index contributed by atoms with van der Waals surface area (Å²) in [5, 5.41) is 0. The van der Waals surface area contributed by atoms with Gasteiger partial charge in [0, 0.05) is 18.7 Å². The van der Waals surface area contributed by atoms with Gasteiger partial charge in [-0.3, -0.25) is 13.7 Å². The molecule has 0 unspecified atom stereocenters. The fraction of sp³-hybridized carbons (Fsp3) is 0.333. The molecule has 2 aromatic rings. The van der Waals surface area contributed by atoms with Gasteiger partial charge in [-0.05, 0) is 31.5 Å². The average molecular weight is 349 g/mol. The van der Waals surface area contributed by atoms with Crippen molar-refractivity contribution < 1.29 is 18.3 Å². The summed E-state index contributed by atoms with van der Waals surface area (Å²) in [5.74, 6) is 0.677. The molecule has 0 aromatic heterocycles. The zero-order valence-corrected chi connectivity index (χ0v) is 15.5. The van der Waals surface area contributed by atoms with Crippen LogP contribution in [0.5, 0.6) is 5.75 Å². The maximum Gasteiger partial charge on any atom is 0.435 e. The molecule has 0 amide bonds. The topological polar surface area (TPSA) is 48.0 Å². The molecule has 0 bridgehead atoms. The van der Waals surface area contributed by atoms with Gasteiger partial charge in [0.05, 0.1) is 26.0 Å². The molecule has 0 saturated carbocycles. The van der Waals surface area contributed by atoms with E-state index in [1.165, 1.54) is 0 Å². The van der Waals surface area contributed by atoms with Gasteiger partial charge in [-0.2, -0.15) is 0 Å². The van der Waals surface area contributed by atoms with Crippen LogP contribution in [0.25, 0.3) is 11.1 Å². The Hall–Kier alpha value is -1.81. The van der Waals surface area contributed by atoms with Crippen LogP contribution in [0.15, 0.2) is 48.5 Å². The van der Waals surface area contributed by atoms with Gasteiger partial charge < -0.3 is 4.74 Å². The van der Waals surface area contributed by atoms with E-state index in [2.05, 4.69) is 0 Å². The van der Waals surface area contributed by atoms with E-state index >= 15 is 0 Å². The molecular weight excluding hydrogens is 325 g/mol. The van der Waals surface area contributed by atoms with Crippen molar-refractivity contribution in [2.75, 3.05) is 32.0 Å². The van der Waals surface area contributed by atoms with Gasteiger partial charge in [-0.1, -0.05) is 30.3 Å². The van der Waals surface area contributed by atoms with Gasteiger partial charge in [0.2, 0.25) is 0 Å². The second kappa shape index (κ2) is 8.34. The second-order valence-electron chi connectivity index (χ2n) is 5.08. The molecule has 0 aliphatic carbocycles.